The van der Waals surface area contributed by atoms with Gasteiger partial charge in [0.1, 0.15) is 10.6 Å². The topological polar surface area (TPSA) is 75.4 Å². The van der Waals surface area contributed by atoms with E-state index in [0.717, 1.165) is 29.8 Å². The number of aromatic nitrogens is 2. The SMILES string of the molecule is CN1CCC(CO)(S(=O)(=O)c2ccc3c(c2)nc(CC(C)(C)C)n3CC2CC2)CC1. The molecule has 2 fully saturated rings. The van der Waals surface area contributed by atoms with Gasteiger partial charge in [-0.2, -0.15) is 0 Å². The van der Waals surface area contributed by atoms with Crippen LogP contribution in [0.1, 0.15) is 52.3 Å². The number of likely N-dealkylation sites (tertiary alicyclic amines) is 1. The number of hydrogen-bond donors (Lipinski definition) is 1. The van der Waals surface area contributed by atoms with Crippen LogP contribution in [0.5, 0.6) is 0 Å². The lowest BCUT2D eigenvalue weighted by molar-refractivity contribution is 0.163. The third-order valence-corrected chi connectivity index (χ3v) is 9.24. The maximum absolute atomic E-state index is 13.6. The zero-order chi connectivity index (χ0) is 21.7. The summed E-state index contributed by atoms with van der Waals surface area (Å²) < 4.78 is 28.4. The van der Waals surface area contributed by atoms with Crippen LogP contribution < -0.4 is 0 Å². The first-order chi connectivity index (χ1) is 14.0. The second-order valence-corrected chi connectivity index (χ2v) is 13.0. The molecule has 2 aliphatic rings. The molecule has 6 nitrogen and oxygen atoms in total. The first-order valence-electron chi connectivity index (χ1n) is 11.1. The molecule has 0 radical (unpaired) electrons. The van der Waals surface area contributed by atoms with E-state index in [1.54, 1.807) is 12.1 Å². The van der Waals surface area contributed by atoms with Crippen molar-refractivity contribution in [2.75, 3.05) is 26.7 Å². The lowest BCUT2D eigenvalue weighted by Crippen LogP contribution is -2.50. The van der Waals surface area contributed by atoms with Crippen molar-refractivity contribution >= 4 is 20.9 Å². The quantitative estimate of drug-likeness (QED) is 0.757. The predicted molar refractivity (Wildman–Crippen MR) is 119 cm³/mol. The summed E-state index contributed by atoms with van der Waals surface area (Å²) in [6, 6.07) is 5.37. The number of nitrogens with zero attached hydrogens (tertiary/aromatic N) is 3. The summed E-state index contributed by atoms with van der Waals surface area (Å²) in [6.45, 7) is 8.58. The van der Waals surface area contributed by atoms with Crippen molar-refractivity contribution < 1.29 is 13.5 Å². The van der Waals surface area contributed by atoms with E-state index in [-0.39, 0.29) is 16.9 Å². The highest BCUT2D eigenvalue weighted by atomic mass is 32.2. The Balaban J connectivity index is 1.75. The predicted octanol–water partition coefficient (Wildman–Crippen LogP) is 3.27. The Morgan fingerprint density at radius 2 is 1.87 bits per heavy atom. The number of aliphatic hydroxyl groups is 1. The molecule has 30 heavy (non-hydrogen) atoms. The largest absolute Gasteiger partial charge is 0.395 e. The number of aliphatic hydroxyl groups excluding tert-OH is 1. The van der Waals surface area contributed by atoms with Gasteiger partial charge in [-0.15, -0.1) is 0 Å². The van der Waals surface area contributed by atoms with Crippen molar-refractivity contribution in [2.45, 2.75) is 69.1 Å². The number of sulfone groups is 1. The highest BCUT2D eigenvalue weighted by Gasteiger charge is 2.46. The third-order valence-electron chi connectivity index (χ3n) is 6.69. The van der Waals surface area contributed by atoms with Crippen LogP contribution in [0.15, 0.2) is 23.1 Å². The summed E-state index contributed by atoms with van der Waals surface area (Å²) in [6.07, 6.45) is 4.27. The molecule has 0 atom stereocenters. The standard InChI is InChI=1S/C23H35N3O3S/c1-22(2,3)14-21-24-19-13-18(7-8-20(19)26(21)15-17-5-6-17)30(28,29)23(16-27)9-11-25(4)12-10-23/h7-8,13,17,27H,5-6,9-12,14-16H2,1-4H3. The first-order valence-corrected chi connectivity index (χ1v) is 12.6. The van der Waals surface area contributed by atoms with Gasteiger partial charge in [0, 0.05) is 13.0 Å². The van der Waals surface area contributed by atoms with Crippen molar-refractivity contribution in [1.82, 2.24) is 14.5 Å². The molecule has 1 saturated heterocycles. The number of rotatable bonds is 6. The summed E-state index contributed by atoms with van der Waals surface area (Å²) in [5.74, 6) is 1.75. The minimum Gasteiger partial charge on any atom is -0.395 e. The van der Waals surface area contributed by atoms with Crippen molar-refractivity contribution in [2.24, 2.45) is 11.3 Å². The Hall–Kier alpha value is -1.44. The molecular weight excluding hydrogens is 398 g/mol. The molecule has 2 heterocycles. The first kappa shape index (κ1) is 21.8. The molecule has 1 aliphatic carbocycles. The molecule has 0 unspecified atom stereocenters. The van der Waals surface area contributed by atoms with Crippen LogP contribution in [0.4, 0.5) is 0 Å². The Labute approximate surface area is 180 Å². The fraction of sp³-hybridized carbons (Fsp3) is 0.696. The molecule has 1 saturated carbocycles. The summed E-state index contributed by atoms with van der Waals surface area (Å²) >= 11 is 0. The number of benzene rings is 1. The number of imidazole rings is 1. The van der Waals surface area contributed by atoms with E-state index >= 15 is 0 Å². The molecule has 166 valence electrons. The Kier molecular flexibility index (Phi) is 5.52. The minimum absolute atomic E-state index is 0.104. The van der Waals surface area contributed by atoms with Gasteiger partial charge in [-0.05, 0) is 75.4 Å². The number of piperidine rings is 1. The summed E-state index contributed by atoms with van der Waals surface area (Å²) in [4.78, 5) is 7.29. The van der Waals surface area contributed by atoms with E-state index < -0.39 is 14.6 Å². The average molecular weight is 434 g/mol. The maximum Gasteiger partial charge on any atom is 0.186 e. The molecule has 0 spiro atoms. The second kappa shape index (κ2) is 7.61. The van der Waals surface area contributed by atoms with Gasteiger partial charge in [0.05, 0.1) is 22.5 Å². The van der Waals surface area contributed by atoms with E-state index in [0.29, 0.717) is 31.8 Å². The van der Waals surface area contributed by atoms with Crippen LogP contribution in [0.25, 0.3) is 11.0 Å². The zero-order valence-corrected chi connectivity index (χ0v) is 19.5. The van der Waals surface area contributed by atoms with Crippen LogP contribution in [0, 0.1) is 11.3 Å². The smallest absolute Gasteiger partial charge is 0.186 e. The average Bonchev–Trinajstić information content (AvgIpc) is 3.43. The van der Waals surface area contributed by atoms with Crippen LogP contribution in [-0.4, -0.2) is 59.5 Å². The van der Waals surface area contributed by atoms with Crippen molar-refractivity contribution in [1.29, 1.82) is 0 Å². The van der Waals surface area contributed by atoms with Gasteiger partial charge >= 0.3 is 0 Å². The molecule has 1 aliphatic heterocycles. The lowest BCUT2D eigenvalue weighted by atomic mass is 9.92. The molecule has 2 aromatic rings. The van der Waals surface area contributed by atoms with Crippen LogP contribution in [-0.2, 0) is 22.8 Å². The van der Waals surface area contributed by atoms with Crippen molar-refractivity contribution in [3.8, 4) is 0 Å². The summed E-state index contributed by atoms with van der Waals surface area (Å²) in [7, 11) is -1.67. The van der Waals surface area contributed by atoms with E-state index in [4.69, 9.17) is 4.98 Å². The maximum atomic E-state index is 13.6. The van der Waals surface area contributed by atoms with Crippen LogP contribution in [0.2, 0.25) is 0 Å². The lowest BCUT2D eigenvalue weighted by Gasteiger charge is -2.38. The van der Waals surface area contributed by atoms with Gasteiger partial charge in [0.2, 0.25) is 0 Å². The molecule has 1 aromatic heterocycles. The number of hydrogen-bond acceptors (Lipinski definition) is 5. The van der Waals surface area contributed by atoms with Gasteiger partial charge in [0.25, 0.3) is 0 Å². The van der Waals surface area contributed by atoms with E-state index in [1.807, 2.05) is 13.1 Å². The molecule has 0 amide bonds. The molecule has 4 rings (SSSR count). The van der Waals surface area contributed by atoms with Crippen LogP contribution in [0.3, 0.4) is 0 Å². The third kappa shape index (κ3) is 4.04. The Bertz CT molecular complexity index is 1020. The van der Waals surface area contributed by atoms with Crippen molar-refractivity contribution in [3.05, 3.63) is 24.0 Å². The molecule has 1 aromatic carbocycles. The monoisotopic (exact) mass is 433 g/mol. The highest BCUT2D eigenvalue weighted by molar-refractivity contribution is 7.92. The molecule has 7 heteroatoms. The minimum atomic E-state index is -3.66. The summed E-state index contributed by atoms with van der Waals surface area (Å²) in [5.41, 5.74) is 1.87. The van der Waals surface area contributed by atoms with Gasteiger partial charge in [0.15, 0.2) is 9.84 Å². The van der Waals surface area contributed by atoms with E-state index in [9.17, 15) is 13.5 Å². The zero-order valence-electron chi connectivity index (χ0n) is 18.7. The van der Waals surface area contributed by atoms with Gasteiger partial charge in [-0.3, -0.25) is 0 Å². The Morgan fingerprint density at radius 1 is 1.20 bits per heavy atom. The normalized spacial score (nSPS) is 20.7. The van der Waals surface area contributed by atoms with E-state index in [1.165, 1.54) is 12.8 Å². The van der Waals surface area contributed by atoms with Gasteiger partial charge in [-0.25, -0.2) is 13.4 Å². The van der Waals surface area contributed by atoms with Gasteiger partial charge < -0.3 is 14.6 Å². The van der Waals surface area contributed by atoms with Crippen molar-refractivity contribution in [3.63, 3.8) is 0 Å². The molecule has 0 bridgehead atoms. The summed E-state index contributed by atoms with van der Waals surface area (Å²) in [5, 5.41) is 10.1. The fourth-order valence-corrected chi connectivity index (χ4v) is 6.39. The fourth-order valence-electron chi connectivity index (χ4n) is 4.49. The molecular formula is C23H35N3O3S. The second-order valence-electron chi connectivity index (χ2n) is 10.6. The Morgan fingerprint density at radius 3 is 2.43 bits per heavy atom. The highest BCUT2D eigenvalue weighted by Crippen LogP contribution is 2.37. The van der Waals surface area contributed by atoms with E-state index in [2.05, 4.69) is 30.2 Å². The number of fused-ring (bicyclic) bond motifs is 1. The van der Waals surface area contributed by atoms with Gasteiger partial charge in [-0.1, -0.05) is 20.8 Å². The molecule has 1 N–H and O–H groups in total. The van der Waals surface area contributed by atoms with Crippen LogP contribution >= 0.6 is 0 Å².